The normalized spacial score (nSPS) is 13.5. The van der Waals surface area contributed by atoms with Crippen molar-refractivity contribution in [2.75, 3.05) is 6.54 Å². The SMILES string of the molecule is CCC(Cl)CCNS(=O)(=O)NC(=O)OC(C)C. The molecule has 6 nitrogen and oxygen atoms in total. The predicted molar refractivity (Wildman–Crippen MR) is 66.2 cm³/mol. The second-order valence-electron chi connectivity index (χ2n) is 3.75. The molecule has 0 aliphatic heterocycles. The van der Waals surface area contributed by atoms with Gasteiger partial charge in [0.05, 0.1) is 6.10 Å². The number of nitrogens with one attached hydrogen (secondary N) is 2. The van der Waals surface area contributed by atoms with E-state index >= 15 is 0 Å². The van der Waals surface area contributed by atoms with Crippen molar-refractivity contribution >= 4 is 27.9 Å². The van der Waals surface area contributed by atoms with Gasteiger partial charge in [-0.1, -0.05) is 6.92 Å². The summed E-state index contributed by atoms with van der Waals surface area (Å²) in [7, 11) is -3.86. The van der Waals surface area contributed by atoms with Gasteiger partial charge in [0.25, 0.3) is 0 Å². The maximum absolute atomic E-state index is 11.3. The van der Waals surface area contributed by atoms with Gasteiger partial charge in [0, 0.05) is 11.9 Å². The lowest BCUT2D eigenvalue weighted by Gasteiger charge is -2.11. The number of alkyl halides is 1. The summed E-state index contributed by atoms with van der Waals surface area (Å²) in [5, 5.41) is -0.0830. The molecule has 102 valence electrons. The fraction of sp³-hybridized carbons (Fsp3) is 0.889. The van der Waals surface area contributed by atoms with Gasteiger partial charge in [-0.25, -0.2) is 9.52 Å². The first-order valence-electron chi connectivity index (χ1n) is 5.39. The highest BCUT2D eigenvalue weighted by Crippen LogP contribution is 2.04. The molecule has 0 aliphatic carbocycles. The molecule has 0 spiro atoms. The van der Waals surface area contributed by atoms with Gasteiger partial charge in [-0.2, -0.15) is 13.1 Å². The molecule has 0 saturated carbocycles. The Morgan fingerprint density at radius 2 is 2.00 bits per heavy atom. The van der Waals surface area contributed by atoms with Gasteiger partial charge in [0.1, 0.15) is 0 Å². The lowest BCUT2D eigenvalue weighted by molar-refractivity contribution is 0.121. The third-order valence-corrected chi connectivity index (χ3v) is 3.30. The molecule has 1 unspecified atom stereocenters. The van der Waals surface area contributed by atoms with Gasteiger partial charge in [-0.3, -0.25) is 0 Å². The van der Waals surface area contributed by atoms with E-state index < -0.39 is 16.3 Å². The lowest BCUT2D eigenvalue weighted by atomic mass is 10.2. The summed E-state index contributed by atoms with van der Waals surface area (Å²) in [6, 6.07) is 0. The number of rotatable bonds is 7. The van der Waals surface area contributed by atoms with Crippen LogP contribution in [-0.4, -0.2) is 32.5 Å². The largest absolute Gasteiger partial charge is 0.446 e. The highest BCUT2D eigenvalue weighted by Gasteiger charge is 2.16. The summed E-state index contributed by atoms with van der Waals surface area (Å²) in [6.45, 7) is 5.33. The van der Waals surface area contributed by atoms with Crippen LogP contribution in [0, 0.1) is 0 Å². The van der Waals surface area contributed by atoms with E-state index in [2.05, 4.69) is 9.46 Å². The zero-order valence-corrected chi connectivity index (χ0v) is 11.8. The van der Waals surface area contributed by atoms with Crippen molar-refractivity contribution in [2.24, 2.45) is 0 Å². The van der Waals surface area contributed by atoms with Crippen molar-refractivity contribution in [3.8, 4) is 0 Å². The molecule has 0 saturated heterocycles. The van der Waals surface area contributed by atoms with E-state index in [1.807, 2.05) is 6.92 Å². The molecule has 0 bridgehead atoms. The van der Waals surface area contributed by atoms with Crippen LogP contribution >= 0.6 is 11.6 Å². The molecule has 2 N–H and O–H groups in total. The fourth-order valence-electron chi connectivity index (χ4n) is 0.938. The smallest absolute Gasteiger partial charge is 0.422 e. The van der Waals surface area contributed by atoms with Gasteiger partial charge >= 0.3 is 16.3 Å². The summed E-state index contributed by atoms with van der Waals surface area (Å²) < 4.78 is 31.2. The van der Waals surface area contributed by atoms with Crippen molar-refractivity contribution in [3.63, 3.8) is 0 Å². The Kier molecular flexibility index (Phi) is 7.49. The average molecular weight is 287 g/mol. The maximum atomic E-state index is 11.3. The minimum absolute atomic E-state index is 0.0830. The zero-order valence-electron chi connectivity index (χ0n) is 10.2. The van der Waals surface area contributed by atoms with Gasteiger partial charge < -0.3 is 4.74 Å². The molecule has 1 atom stereocenters. The zero-order chi connectivity index (χ0) is 13.5. The van der Waals surface area contributed by atoms with Crippen LogP contribution in [0.15, 0.2) is 0 Å². The summed E-state index contributed by atoms with van der Waals surface area (Å²) in [5.74, 6) is 0. The summed E-state index contributed by atoms with van der Waals surface area (Å²) in [6.07, 6.45) is -0.118. The Hall–Kier alpha value is -0.530. The number of hydrogen-bond donors (Lipinski definition) is 2. The fourth-order valence-corrected chi connectivity index (χ4v) is 1.77. The Morgan fingerprint density at radius 3 is 2.47 bits per heavy atom. The van der Waals surface area contributed by atoms with Gasteiger partial charge in [-0.15, -0.1) is 11.6 Å². The summed E-state index contributed by atoms with van der Waals surface area (Å²) in [5.41, 5.74) is 0. The molecular formula is C9H19ClN2O4S. The van der Waals surface area contributed by atoms with Crippen LogP contribution in [0.25, 0.3) is 0 Å². The van der Waals surface area contributed by atoms with E-state index in [0.29, 0.717) is 6.42 Å². The lowest BCUT2D eigenvalue weighted by Crippen LogP contribution is -2.41. The van der Waals surface area contributed by atoms with Crippen LogP contribution in [0.4, 0.5) is 4.79 Å². The van der Waals surface area contributed by atoms with Crippen molar-refractivity contribution in [1.29, 1.82) is 0 Å². The number of halogens is 1. The monoisotopic (exact) mass is 286 g/mol. The van der Waals surface area contributed by atoms with Crippen LogP contribution in [-0.2, 0) is 14.9 Å². The molecule has 0 radical (unpaired) electrons. The van der Waals surface area contributed by atoms with E-state index in [9.17, 15) is 13.2 Å². The Balaban J connectivity index is 4.00. The Morgan fingerprint density at radius 1 is 1.41 bits per heavy atom. The minimum atomic E-state index is -3.86. The maximum Gasteiger partial charge on any atom is 0.422 e. The average Bonchev–Trinajstić information content (AvgIpc) is 2.14. The Bertz CT molecular complexity index is 332. The van der Waals surface area contributed by atoms with Crippen molar-refractivity contribution in [1.82, 2.24) is 9.44 Å². The first-order chi connectivity index (χ1) is 7.76. The molecule has 0 aliphatic rings. The molecule has 0 aromatic carbocycles. The van der Waals surface area contributed by atoms with Crippen LogP contribution in [0.3, 0.4) is 0 Å². The van der Waals surface area contributed by atoms with E-state index in [0.717, 1.165) is 6.42 Å². The summed E-state index contributed by atoms with van der Waals surface area (Å²) in [4.78, 5) is 11.0. The number of carbonyl (C=O) groups excluding carboxylic acids is 1. The third kappa shape index (κ3) is 9.20. The van der Waals surface area contributed by atoms with Crippen LogP contribution < -0.4 is 9.44 Å². The molecule has 0 rings (SSSR count). The highest BCUT2D eigenvalue weighted by atomic mass is 35.5. The van der Waals surface area contributed by atoms with Crippen molar-refractivity contribution in [2.45, 2.75) is 45.1 Å². The molecule has 0 fully saturated rings. The Labute approximate surface area is 107 Å². The molecule has 0 heterocycles. The number of hydrogen-bond acceptors (Lipinski definition) is 4. The minimum Gasteiger partial charge on any atom is -0.446 e. The molecular weight excluding hydrogens is 268 g/mol. The second-order valence-corrected chi connectivity index (χ2v) is 5.86. The van der Waals surface area contributed by atoms with E-state index in [-0.39, 0.29) is 18.0 Å². The van der Waals surface area contributed by atoms with E-state index in [1.54, 1.807) is 18.6 Å². The second kappa shape index (κ2) is 7.73. The molecule has 8 heteroatoms. The van der Waals surface area contributed by atoms with Crippen LogP contribution in [0.2, 0.25) is 0 Å². The van der Waals surface area contributed by atoms with Gasteiger partial charge in [0.2, 0.25) is 0 Å². The van der Waals surface area contributed by atoms with Gasteiger partial charge in [0.15, 0.2) is 0 Å². The number of amides is 1. The molecule has 1 amide bonds. The number of carbonyl (C=O) groups is 1. The van der Waals surface area contributed by atoms with Gasteiger partial charge in [-0.05, 0) is 26.7 Å². The van der Waals surface area contributed by atoms with Crippen molar-refractivity contribution in [3.05, 3.63) is 0 Å². The van der Waals surface area contributed by atoms with Crippen molar-refractivity contribution < 1.29 is 17.9 Å². The summed E-state index contributed by atoms with van der Waals surface area (Å²) >= 11 is 5.82. The quantitative estimate of drug-likeness (QED) is 0.692. The predicted octanol–water partition coefficient (Wildman–Crippen LogP) is 1.36. The first-order valence-corrected chi connectivity index (χ1v) is 7.31. The molecule has 17 heavy (non-hydrogen) atoms. The topological polar surface area (TPSA) is 84.5 Å². The molecule has 0 aromatic rings. The number of ether oxygens (including phenoxy) is 1. The molecule has 0 aromatic heterocycles. The third-order valence-electron chi connectivity index (χ3n) is 1.75. The first kappa shape index (κ1) is 16.5. The standard InChI is InChI=1S/C9H19ClN2O4S/c1-4-8(10)5-6-11-17(14,15)12-9(13)16-7(2)3/h7-8,11H,4-6H2,1-3H3,(H,12,13). The van der Waals surface area contributed by atoms with E-state index in [1.165, 1.54) is 0 Å². The van der Waals surface area contributed by atoms with Crippen LogP contribution in [0.1, 0.15) is 33.6 Å². The van der Waals surface area contributed by atoms with E-state index in [4.69, 9.17) is 11.6 Å². The highest BCUT2D eigenvalue weighted by molar-refractivity contribution is 7.88. The van der Waals surface area contributed by atoms with Crippen LogP contribution in [0.5, 0.6) is 0 Å².